The summed E-state index contributed by atoms with van der Waals surface area (Å²) in [6.45, 7) is 3.68. The Labute approximate surface area is 131 Å². The second-order valence-corrected chi connectivity index (χ2v) is 6.91. The number of urea groups is 1. The number of benzene rings is 1. The molecule has 0 atom stereocenters. The molecule has 0 heterocycles. The van der Waals surface area contributed by atoms with Gasteiger partial charge in [0, 0.05) is 18.1 Å². The molecule has 2 rings (SSSR count). The normalized spacial score (nSPS) is 21.6. The van der Waals surface area contributed by atoms with Gasteiger partial charge in [-0.15, -0.1) is 0 Å². The average molecular weight is 311 g/mol. The minimum Gasteiger partial charge on any atom is -0.389 e. The maximum atomic E-state index is 12.0. The van der Waals surface area contributed by atoms with E-state index in [9.17, 15) is 9.90 Å². The first-order valence-corrected chi connectivity index (χ1v) is 7.62. The molecule has 0 unspecified atom stereocenters. The van der Waals surface area contributed by atoms with E-state index < -0.39 is 5.60 Å². The van der Waals surface area contributed by atoms with Crippen molar-refractivity contribution in [2.24, 2.45) is 0 Å². The van der Waals surface area contributed by atoms with E-state index >= 15 is 0 Å². The minimum absolute atomic E-state index is 0.139. The molecule has 1 aliphatic rings. The van der Waals surface area contributed by atoms with E-state index in [-0.39, 0.29) is 12.1 Å². The zero-order valence-electron chi connectivity index (χ0n) is 12.8. The standard InChI is InChI=1S/C16H23ClN2O2/c1-16(2,21)10-19(3)15(20)18-12-8-11(9-12)13-6-4-5-7-14(13)17/h4-7,11-12,21H,8-10H2,1-3H3,(H,18,20). The van der Waals surface area contributed by atoms with E-state index in [1.807, 2.05) is 24.3 Å². The number of amides is 2. The summed E-state index contributed by atoms with van der Waals surface area (Å²) in [6, 6.07) is 7.91. The van der Waals surface area contributed by atoms with Crippen molar-refractivity contribution in [3.8, 4) is 0 Å². The number of nitrogens with one attached hydrogen (secondary N) is 1. The third-order valence-corrected chi connectivity index (χ3v) is 4.13. The third-order valence-electron chi connectivity index (χ3n) is 3.78. The molecule has 0 aliphatic heterocycles. The van der Waals surface area contributed by atoms with Crippen LogP contribution in [0, 0.1) is 0 Å². The van der Waals surface area contributed by atoms with Crippen LogP contribution in [0.3, 0.4) is 0 Å². The molecule has 0 saturated heterocycles. The monoisotopic (exact) mass is 310 g/mol. The van der Waals surface area contributed by atoms with Crippen LogP contribution in [0.2, 0.25) is 5.02 Å². The largest absolute Gasteiger partial charge is 0.389 e. The first-order chi connectivity index (χ1) is 9.76. The number of likely N-dealkylation sites (N-methyl/N-ethyl adjacent to an activating group) is 1. The molecule has 21 heavy (non-hydrogen) atoms. The van der Waals surface area contributed by atoms with E-state index in [0.29, 0.717) is 12.5 Å². The Kier molecular flexibility index (Phi) is 4.79. The van der Waals surface area contributed by atoms with Crippen LogP contribution in [-0.4, -0.2) is 41.3 Å². The van der Waals surface area contributed by atoms with E-state index in [1.54, 1.807) is 20.9 Å². The molecule has 1 aliphatic carbocycles. The van der Waals surface area contributed by atoms with Crippen molar-refractivity contribution in [3.63, 3.8) is 0 Å². The summed E-state index contributed by atoms with van der Waals surface area (Å²) in [4.78, 5) is 13.5. The molecule has 4 nitrogen and oxygen atoms in total. The van der Waals surface area contributed by atoms with Gasteiger partial charge < -0.3 is 15.3 Å². The summed E-state index contributed by atoms with van der Waals surface area (Å²) < 4.78 is 0. The second-order valence-electron chi connectivity index (χ2n) is 6.50. The highest BCUT2D eigenvalue weighted by molar-refractivity contribution is 6.31. The predicted octanol–water partition coefficient (Wildman–Crippen LogP) is 3.00. The lowest BCUT2D eigenvalue weighted by atomic mass is 9.76. The molecule has 2 N–H and O–H groups in total. The molecular weight excluding hydrogens is 288 g/mol. The van der Waals surface area contributed by atoms with Gasteiger partial charge in [0.1, 0.15) is 0 Å². The smallest absolute Gasteiger partial charge is 0.317 e. The molecule has 2 amide bonds. The molecule has 1 aromatic carbocycles. The van der Waals surface area contributed by atoms with Crippen molar-refractivity contribution in [3.05, 3.63) is 34.9 Å². The average Bonchev–Trinajstić information content (AvgIpc) is 2.32. The van der Waals surface area contributed by atoms with Crippen molar-refractivity contribution in [1.82, 2.24) is 10.2 Å². The van der Waals surface area contributed by atoms with Crippen LogP contribution in [0.4, 0.5) is 4.79 Å². The molecule has 1 aromatic rings. The van der Waals surface area contributed by atoms with Crippen LogP contribution in [0.25, 0.3) is 0 Å². The van der Waals surface area contributed by atoms with Crippen molar-refractivity contribution in [2.75, 3.05) is 13.6 Å². The van der Waals surface area contributed by atoms with Gasteiger partial charge in [0.25, 0.3) is 0 Å². The van der Waals surface area contributed by atoms with E-state index in [2.05, 4.69) is 5.32 Å². The molecule has 0 radical (unpaired) electrons. The zero-order valence-corrected chi connectivity index (χ0v) is 13.5. The van der Waals surface area contributed by atoms with E-state index in [0.717, 1.165) is 23.4 Å². The van der Waals surface area contributed by atoms with Gasteiger partial charge in [0.2, 0.25) is 0 Å². The number of carbonyl (C=O) groups is 1. The van der Waals surface area contributed by atoms with Crippen LogP contribution >= 0.6 is 11.6 Å². The Balaban J connectivity index is 1.80. The highest BCUT2D eigenvalue weighted by atomic mass is 35.5. The Morgan fingerprint density at radius 1 is 1.43 bits per heavy atom. The Morgan fingerprint density at radius 2 is 2.05 bits per heavy atom. The van der Waals surface area contributed by atoms with Crippen molar-refractivity contribution >= 4 is 17.6 Å². The molecule has 5 heteroatoms. The molecular formula is C16H23ClN2O2. The molecule has 1 fully saturated rings. The fourth-order valence-corrected chi connectivity index (χ4v) is 3.02. The Bertz CT molecular complexity index is 507. The fourth-order valence-electron chi connectivity index (χ4n) is 2.73. The summed E-state index contributed by atoms with van der Waals surface area (Å²) >= 11 is 6.18. The highest BCUT2D eigenvalue weighted by Crippen LogP contribution is 2.39. The van der Waals surface area contributed by atoms with Gasteiger partial charge in [0.15, 0.2) is 0 Å². The summed E-state index contributed by atoms with van der Waals surface area (Å²) in [7, 11) is 1.69. The second kappa shape index (κ2) is 6.24. The summed E-state index contributed by atoms with van der Waals surface area (Å²) in [5.74, 6) is 0.420. The first-order valence-electron chi connectivity index (χ1n) is 7.25. The van der Waals surface area contributed by atoms with E-state index in [4.69, 9.17) is 11.6 Å². The highest BCUT2D eigenvalue weighted by Gasteiger charge is 2.33. The lowest BCUT2D eigenvalue weighted by molar-refractivity contribution is 0.0521. The van der Waals surface area contributed by atoms with E-state index in [1.165, 1.54) is 4.90 Å². The maximum Gasteiger partial charge on any atom is 0.317 e. The van der Waals surface area contributed by atoms with Crippen LogP contribution < -0.4 is 5.32 Å². The van der Waals surface area contributed by atoms with Gasteiger partial charge in [0.05, 0.1) is 12.1 Å². The van der Waals surface area contributed by atoms with Crippen LogP contribution in [0.5, 0.6) is 0 Å². The van der Waals surface area contributed by atoms with Crippen LogP contribution in [-0.2, 0) is 0 Å². The number of hydrogen-bond acceptors (Lipinski definition) is 2. The fraction of sp³-hybridized carbons (Fsp3) is 0.562. The van der Waals surface area contributed by atoms with Crippen molar-refractivity contribution in [1.29, 1.82) is 0 Å². The van der Waals surface area contributed by atoms with Gasteiger partial charge in [-0.1, -0.05) is 29.8 Å². The van der Waals surface area contributed by atoms with Crippen LogP contribution in [0.1, 0.15) is 38.2 Å². The maximum absolute atomic E-state index is 12.0. The van der Waals surface area contributed by atoms with Gasteiger partial charge in [-0.2, -0.15) is 0 Å². The number of aliphatic hydroxyl groups is 1. The topological polar surface area (TPSA) is 52.6 Å². The van der Waals surface area contributed by atoms with Crippen LogP contribution in [0.15, 0.2) is 24.3 Å². The molecule has 0 bridgehead atoms. The molecule has 0 aromatic heterocycles. The van der Waals surface area contributed by atoms with Gasteiger partial charge >= 0.3 is 6.03 Å². The van der Waals surface area contributed by atoms with Crippen molar-refractivity contribution < 1.29 is 9.90 Å². The predicted molar refractivity (Wildman–Crippen MR) is 84.7 cm³/mol. The summed E-state index contributed by atoms with van der Waals surface area (Å²) in [5.41, 5.74) is 0.278. The quantitative estimate of drug-likeness (QED) is 0.898. The van der Waals surface area contributed by atoms with Gasteiger partial charge in [-0.25, -0.2) is 4.79 Å². The lowest BCUT2D eigenvalue weighted by Crippen LogP contribution is -2.50. The SMILES string of the molecule is CN(CC(C)(C)O)C(=O)NC1CC(c2ccccc2Cl)C1. The third kappa shape index (κ3) is 4.35. The Hall–Kier alpha value is -1.26. The number of rotatable bonds is 4. The molecule has 116 valence electrons. The van der Waals surface area contributed by atoms with Gasteiger partial charge in [-0.3, -0.25) is 0 Å². The number of halogens is 1. The molecule has 1 saturated carbocycles. The van der Waals surface area contributed by atoms with Crippen molar-refractivity contribution in [2.45, 2.75) is 44.2 Å². The number of carbonyl (C=O) groups excluding carboxylic acids is 1. The molecule has 0 spiro atoms. The minimum atomic E-state index is -0.883. The zero-order chi connectivity index (χ0) is 15.6. The number of hydrogen-bond donors (Lipinski definition) is 2. The summed E-state index contributed by atoms with van der Waals surface area (Å²) in [6.07, 6.45) is 1.82. The summed E-state index contributed by atoms with van der Waals surface area (Å²) in [5, 5.41) is 13.5. The number of nitrogens with zero attached hydrogens (tertiary/aromatic N) is 1. The Morgan fingerprint density at radius 3 is 2.62 bits per heavy atom. The first kappa shape index (κ1) is 16.1. The lowest BCUT2D eigenvalue weighted by Gasteiger charge is -2.38. The van der Waals surface area contributed by atoms with Gasteiger partial charge in [-0.05, 0) is 44.2 Å².